The maximum atomic E-state index is 10.6. The minimum absolute atomic E-state index is 0.580. The van der Waals surface area contributed by atoms with E-state index in [1.807, 2.05) is 41.6 Å². The first-order chi connectivity index (χ1) is 8.36. The van der Waals surface area contributed by atoms with Crippen molar-refractivity contribution < 1.29 is 5.18 Å². The first-order valence-electron chi connectivity index (χ1n) is 5.43. The molecule has 0 unspecified atom stereocenters. The van der Waals surface area contributed by atoms with E-state index in [0.717, 1.165) is 22.2 Å². The van der Waals surface area contributed by atoms with E-state index < -0.39 is 0 Å². The lowest BCUT2D eigenvalue weighted by Crippen LogP contribution is -2.55. The average molecular weight is 223 g/mol. The van der Waals surface area contributed by atoms with Crippen LogP contribution in [-0.2, 0) is 0 Å². The van der Waals surface area contributed by atoms with Gasteiger partial charge in [0, 0.05) is 38.8 Å². The molecule has 1 heterocycles. The van der Waals surface area contributed by atoms with Crippen molar-refractivity contribution in [3.8, 4) is 11.3 Å². The zero-order valence-corrected chi connectivity index (χ0v) is 9.10. The number of aromatic amines is 1. The van der Waals surface area contributed by atoms with E-state index in [1.54, 1.807) is 6.07 Å². The number of nitroso groups, excluding NO2 is 1. The third-order valence-corrected chi connectivity index (χ3v) is 2.82. The number of rotatable bonds is 2. The molecule has 82 valence electrons. The van der Waals surface area contributed by atoms with Gasteiger partial charge in [0.1, 0.15) is 0 Å². The van der Waals surface area contributed by atoms with Crippen molar-refractivity contribution in [3.63, 3.8) is 0 Å². The number of H-pyrrole nitrogens is 1. The molecular weight excluding hydrogens is 212 g/mol. The summed E-state index contributed by atoms with van der Waals surface area (Å²) in [5, 5.41) is 2.94. The lowest BCUT2D eigenvalue weighted by atomic mass is 10.1. The SMILES string of the molecule is O=[NH+]c1ccc2[nH]c(-c3ccccc3)cc2c1. The molecule has 3 nitrogen and oxygen atoms in total. The Bertz CT molecular complexity index is 671. The Morgan fingerprint density at radius 1 is 0.941 bits per heavy atom. The summed E-state index contributed by atoms with van der Waals surface area (Å²) in [6.07, 6.45) is 0. The number of hydrogen-bond acceptors (Lipinski definition) is 1. The van der Waals surface area contributed by atoms with Crippen LogP contribution < -0.4 is 5.18 Å². The summed E-state index contributed by atoms with van der Waals surface area (Å²) in [5.41, 5.74) is 3.81. The molecule has 0 saturated heterocycles. The van der Waals surface area contributed by atoms with Gasteiger partial charge < -0.3 is 4.98 Å². The summed E-state index contributed by atoms with van der Waals surface area (Å²) < 4.78 is 0. The van der Waals surface area contributed by atoms with Crippen molar-refractivity contribution in [2.45, 2.75) is 0 Å². The second-order valence-corrected chi connectivity index (χ2v) is 3.95. The van der Waals surface area contributed by atoms with Crippen molar-refractivity contribution in [2.75, 3.05) is 0 Å². The van der Waals surface area contributed by atoms with E-state index in [2.05, 4.69) is 17.1 Å². The molecule has 17 heavy (non-hydrogen) atoms. The Kier molecular flexibility index (Phi) is 2.22. The first kappa shape index (κ1) is 9.78. The lowest BCUT2D eigenvalue weighted by Gasteiger charge is -1.94. The van der Waals surface area contributed by atoms with Crippen LogP contribution >= 0.6 is 0 Å². The van der Waals surface area contributed by atoms with Crippen molar-refractivity contribution >= 4 is 16.6 Å². The van der Waals surface area contributed by atoms with Crippen LogP contribution in [-0.4, -0.2) is 4.98 Å². The first-order valence-corrected chi connectivity index (χ1v) is 5.43. The molecule has 2 aromatic carbocycles. The largest absolute Gasteiger partial charge is 0.355 e. The van der Waals surface area contributed by atoms with Gasteiger partial charge in [0.15, 0.2) is 0 Å². The number of fused-ring (bicyclic) bond motifs is 1. The number of nitrogens with one attached hydrogen (secondary N) is 2. The van der Waals surface area contributed by atoms with E-state index in [4.69, 9.17) is 0 Å². The summed E-state index contributed by atoms with van der Waals surface area (Å²) >= 11 is 0. The zero-order valence-electron chi connectivity index (χ0n) is 9.10. The van der Waals surface area contributed by atoms with Gasteiger partial charge >= 0.3 is 0 Å². The maximum Gasteiger partial charge on any atom is 0.254 e. The van der Waals surface area contributed by atoms with Crippen LogP contribution in [0.25, 0.3) is 22.2 Å². The molecule has 3 rings (SSSR count). The number of aromatic nitrogens is 1. The van der Waals surface area contributed by atoms with Gasteiger partial charge in [0.2, 0.25) is 0 Å². The van der Waals surface area contributed by atoms with Gasteiger partial charge in [0.25, 0.3) is 5.69 Å². The second kappa shape index (κ2) is 3.87. The predicted molar refractivity (Wildman–Crippen MR) is 67.7 cm³/mol. The van der Waals surface area contributed by atoms with Crippen molar-refractivity contribution in [1.29, 1.82) is 0 Å². The molecule has 0 atom stereocenters. The van der Waals surface area contributed by atoms with Crippen LogP contribution in [0.15, 0.2) is 54.6 Å². The minimum Gasteiger partial charge on any atom is -0.355 e. The third kappa shape index (κ3) is 1.72. The molecule has 0 aliphatic heterocycles. The summed E-state index contributed by atoms with van der Waals surface area (Å²) in [5.74, 6) is 0. The van der Waals surface area contributed by atoms with Crippen LogP contribution in [0.3, 0.4) is 0 Å². The normalized spacial score (nSPS) is 10.6. The van der Waals surface area contributed by atoms with Crippen molar-refractivity contribution in [1.82, 2.24) is 4.98 Å². The summed E-state index contributed by atoms with van der Waals surface area (Å²) in [6.45, 7) is 0. The van der Waals surface area contributed by atoms with Gasteiger partial charge in [0.05, 0.1) is 0 Å². The molecule has 0 spiro atoms. The fraction of sp³-hybridized carbons (Fsp3) is 0. The molecule has 0 saturated carbocycles. The third-order valence-electron chi connectivity index (χ3n) is 2.82. The van der Waals surface area contributed by atoms with Crippen molar-refractivity contribution in [3.05, 3.63) is 59.5 Å². The average Bonchev–Trinajstić information content (AvgIpc) is 2.82. The lowest BCUT2D eigenvalue weighted by molar-refractivity contribution is -0.379. The van der Waals surface area contributed by atoms with E-state index >= 15 is 0 Å². The smallest absolute Gasteiger partial charge is 0.254 e. The second-order valence-electron chi connectivity index (χ2n) is 3.95. The Labute approximate surface area is 98.1 Å². The molecule has 0 bridgehead atoms. The Balaban J connectivity index is 2.17. The number of benzene rings is 2. The van der Waals surface area contributed by atoms with E-state index in [1.165, 1.54) is 0 Å². The molecule has 2 N–H and O–H groups in total. The van der Waals surface area contributed by atoms with E-state index in [0.29, 0.717) is 5.69 Å². The Morgan fingerprint density at radius 2 is 1.76 bits per heavy atom. The highest BCUT2D eigenvalue weighted by molar-refractivity contribution is 5.87. The van der Waals surface area contributed by atoms with Gasteiger partial charge in [-0.2, -0.15) is 0 Å². The Morgan fingerprint density at radius 3 is 2.53 bits per heavy atom. The van der Waals surface area contributed by atoms with Crippen LogP contribution in [0, 0.1) is 4.91 Å². The maximum absolute atomic E-state index is 10.6. The van der Waals surface area contributed by atoms with Gasteiger partial charge in [-0.1, -0.05) is 30.3 Å². The Hall–Kier alpha value is -2.42. The van der Waals surface area contributed by atoms with E-state index in [-0.39, 0.29) is 0 Å². The van der Waals surface area contributed by atoms with Crippen LogP contribution in [0.2, 0.25) is 0 Å². The van der Waals surface area contributed by atoms with Crippen LogP contribution in [0.4, 0.5) is 5.69 Å². The van der Waals surface area contributed by atoms with Gasteiger partial charge in [-0.05, 0) is 17.7 Å². The van der Waals surface area contributed by atoms with Gasteiger partial charge in [-0.15, -0.1) is 0 Å². The fourth-order valence-corrected chi connectivity index (χ4v) is 1.97. The molecule has 1 aromatic heterocycles. The zero-order chi connectivity index (χ0) is 11.7. The van der Waals surface area contributed by atoms with Crippen LogP contribution in [0.5, 0.6) is 0 Å². The molecule has 0 aliphatic rings. The van der Waals surface area contributed by atoms with Crippen LogP contribution in [0.1, 0.15) is 0 Å². The monoisotopic (exact) mass is 223 g/mol. The van der Waals surface area contributed by atoms with Gasteiger partial charge in [-0.25, -0.2) is 0 Å². The van der Waals surface area contributed by atoms with E-state index in [9.17, 15) is 4.91 Å². The highest BCUT2D eigenvalue weighted by Crippen LogP contribution is 2.24. The number of hydrogen-bond donors (Lipinski definition) is 2. The summed E-state index contributed by atoms with van der Waals surface area (Å²) in [7, 11) is 0. The standard InChI is InChI=1S/C14H10N2O/c17-16-12-6-7-13-11(8-12)9-14(15-13)10-4-2-1-3-5-10/h1-9,15H/p+1. The molecule has 0 aliphatic carbocycles. The summed E-state index contributed by atoms with van der Waals surface area (Å²) in [4.78, 5) is 13.9. The quantitative estimate of drug-likeness (QED) is 0.688. The molecule has 0 fully saturated rings. The highest BCUT2D eigenvalue weighted by Gasteiger charge is 2.05. The molecule has 3 heteroatoms. The fourth-order valence-electron chi connectivity index (χ4n) is 1.97. The topological polar surface area (TPSA) is 46.8 Å². The highest BCUT2D eigenvalue weighted by atomic mass is 16.3. The van der Waals surface area contributed by atoms with Crippen molar-refractivity contribution in [2.24, 2.45) is 0 Å². The molecule has 0 radical (unpaired) electrons. The summed E-state index contributed by atoms with van der Waals surface area (Å²) in [6, 6.07) is 17.7. The molecular formula is C14H11N2O+. The minimum atomic E-state index is 0.580. The van der Waals surface area contributed by atoms with Gasteiger partial charge in [-0.3, -0.25) is 0 Å². The molecule has 3 aromatic rings. The predicted octanol–water partition coefficient (Wildman–Crippen LogP) is 2.31. The molecule has 0 amide bonds.